The third-order valence-corrected chi connectivity index (χ3v) is 2.71. The number of amides is 2. The molecule has 0 bridgehead atoms. The Morgan fingerprint density at radius 2 is 2.00 bits per heavy atom. The zero-order valence-electron chi connectivity index (χ0n) is 9.72. The molecule has 1 aliphatic rings. The summed E-state index contributed by atoms with van der Waals surface area (Å²) in [6, 6.07) is 7.93. The van der Waals surface area contributed by atoms with Crippen LogP contribution in [0.4, 0.5) is 10.5 Å². The number of fused-ring (bicyclic) bond motifs is 1. The predicted octanol–water partition coefficient (Wildman–Crippen LogP) is 1.98. The normalized spacial score (nSPS) is 12.5. The Labute approximate surface area is 106 Å². The van der Waals surface area contributed by atoms with Crippen LogP contribution in [0.1, 0.15) is 18.9 Å². The second-order valence-corrected chi connectivity index (χ2v) is 4.02. The lowest BCUT2D eigenvalue weighted by atomic mass is 10.2. The van der Waals surface area contributed by atoms with E-state index in [-0.39, 0.29) is 11.1 Å². The molecular formula is C12H16N2O2S. The predicted molar refractivity (Wildman–Crippen MR) is 71.4 cm³/mol. The SMILES string of the molecule is CCC(N)=O.O=C(S)N1CCc2ccccc21. The molecule has 0 spiro atoms. The number of primary amides is 1. The van der Waals surface area contributed by atoms with Crippen molar-refractivity contribution in [3.8, 4) is 0 Å². The molecule has 1 aromatic carbocycles. The van der Waals surface area contributed by atoms with E-state index in [4.69, 9.17) is 0 Å². The summed E-state index contributed by atoms with van der Waals surface area (Å²) in [7, 11) is 0. The van der Waals surface area contributed by atoms with Gasteiger partial charge in [-0.15, -0.1) is 0 Å². The van der Waals surface area contributed by atoms with E-state index in [1.165, 1.54) is 5.56 Å². The van der Waals surface area contributed by atoms with E-state index in [0.717, 1.165) is 18.7 Å². The number of hydrogen-bond donors (Lipinski definition) is 2. The summed E-state index contributed by atoms with van der Waals surface area (Å²) >= 11 is 3.80. The molecule has 2 rings (SSSR count). The molecule has 2 N–H and O–H groups in total. The van der Waals surface area contributed by atoms with Gasteiger partial charge in [-0.3, -0.25) is 9.59 Å². The van der Waals surface area contributed by atoms with Crippen molar-refractivity contribution in [1.82, 2.24) is 0 Å². The molecular weight excluding hydrogens is 236 g/mol. The molecule has 0 saturated heterocycles. The standard InChI is InChI=1S/C9H9NOS.C3H7NO/c11-9(12)10-6-5-7-3-1-2-4-8(7)10;1-2-3(4)5/h1-4H,5-6H2,(H,11,12);2H2,1H3,(H2,4,5). The summed E-state index contributed by atoms with van der Waals surface area (Å²) in [5.41, 5.74) is 6.90. The topological polar surface area (TPSA) is 63.4 Å². The van der Waals surface area contributed by atoms with Crippen LogP contribution in [0.25, 0.3) is 0 Å². The maximum Gasteiger partial charge on any atom is 0.283 e. The first-order chi connectivity index (χ1) is 8.06. The number of benzene rings is 1. The zero-order valence-corrected chi connectivity index (χ0v) is 10.6. The molecule has 1 heterocycles. The van der Waals surface area contributed by atoms with Gasteiger partial charge in [0.1, 0.15) is 0 Å². The van der Waals surface area contributed by atoms with Gasteiger partial charge >= 0.3 is 0 Å². The van der Waals surface area contributed by atoms with Crippen molar-refractivity contribution >= 4 is 29.5 Å². The van der Waals surface area contributed by atoms with Crippen molar-refractivity contribution < 1.29 is 9.59 Å². The molecule has 0 fully saturated rings. The summed E-state index contributed by atoms with van der Waals surface area (Å²) in [5, 5.41) is -0.167. The van der Waals surface area contributed by atoms with E-state index in [1.807, 2.05) is 24.3 Å². The number of hydrogen-bond acceptors (Lipinski definition) is 2. The van der Waals surface area contributed by atoms with Gasteiger partial charge in [-0.05, 0) is 18.1 Å². The van der Waals surface area contributed by atoms with Crippen LogP contribution in [-0.4, -0.2) is 17.7 Å². The number of para-hydroxylation sites is 1. The summed E-state index contributed by atoms with van der Waals surface area (Å²) in [6.45, 7) is 2.49. The van der Waals surface area contributed by atoms with Crippen molar-refractivity contribution in [2.24, 2.45) is 5.73 Å². The molecule has 0 atom stereocenters. The van der Waals surface area contributed by atoms with E-state index < -0.39 is 0 Å². The first-order valence-electron chi connectivity index (χ1n) is 5.43. The Bertz CT molecular complexity index is 421. The fraction of sp³-hybridized carbons (Fsp3) is 0.333. The van der Waals surface area contributed by atoms with Gasteiger partial charge in [0.05, 0.1) is 0 Å². The highest BCUT2D eigenvalue weighted by atomic mass is 32.1. The Balaban J connectivity index is 0.000000249. The fourth-order valence-corrected chi connectivity index (χ4v) is 1.74. The Morgan fingerprint density at radius 1 is 1.41 bits per heavy atom. The van der Waals surface area contributed by atoms with E-state index in [9.17, 15) is 9.59 Å². The third-order valence-electron chi connectivity index (χ3n) is 2.47. The number of thiol groups is 1. The molecule has 0 aromatic heterocycles. The maximum absolute atomic E-state index is 11.0. The molecule has 2 amide bonds. The number of carbonyl (C=O) groups is 2. The summed E-state index contributed by atoms with van der Waals surface area (Å²) in [6.07, 6.45) is 1.39. The molecule has 0 radical (unpaired) electrons. The Morgan fingerprint density at radius 3 is 2.53 bits per heavy atom. The summed E-state index contributed by atoms with van der Waals surface area (Å²) in [5.74, 6) is -0.245. The highest BCUT2D eigenvalue weighted by molar-refractivity contribution is 7.96. The molecule has 0 unspecified atom stereocenters. The third kappa shape index (κ3) is 3.78. The lowest BCUT2D eigenvalue weighted by molar-refractivity contribution is -0.117. The van der Waals surface area contributed by atoms with Crippen molar-refractivity contribution in [2.45, 2.75) is 19.8 Å². The van der Waals surface area contributed by atoms with E-state index in [1.54, 1.807) is 11.8 Å². The number of carbonyl (C=O) groups excluding carboxylic acids is 2. The average molecular weight is 252 g/mol. The minimum atomic E-state index is -0.245. The fourth-order valence-electron chi connectivity index (χ4n) is 1.54. The molecule has 1 aliphatic heterocycles. The first-order valence-corrected chi connectivity index (χ1v) is 5.87. The highest BCUT2D eigenvalue weighted by Crippen LogP contribution is 2.27. The Hall–Kier alpha value is -1.49. The van der Waals surface area contributed by atoms with Gasteiger partial charge in [0.25, 0.3) is 5.24 Å². The van der Waals surface area contributed by atoms with Crippen LogP contribution < -0.4 is 10.6 Å². The molecule has 0 aliphatic carbocycles. The van der Waals surface area contributed by atoms with Crippen molar-refractivity contribution in [2.75, 3.05) is 11.4 Å². The van der Waals surface area contributed by atoms with Gasteiger partial charge in [-0.2, -0.15) is 0 Å². The lowest BCUT2D eigenvalue weighted by Gasteiger charge is -2.12. The minimum absolute atomic E-state index is 0.167. The second kappa shape index (κ2) is 6.30. The van der Waals surface area contributed by atoms with Crippen molar-refractivity contribution in [1.29, 1.82) is 0 Å². The monoisotopic (exact) mass is 252 g/mol. The van der Waals surface area contributed by atoms with Gasteiger partial charge in [0.2, 0.25) is 5.91 Å². The lowest BCUT2D eigenvalue weighted by Crippen LogP contribution is -2.22. The van der Waals surface area contributed by atoms with Crippen molar-refractivity contribution in [3.63, 3.8) is 0 Å². The van der Waals surface area contributed by atoms with Gasteiger partial charge in [0, 0.05) is 18.7 Å². The Kier molecular flexibility index (Phi) is 5.03. The molecule has 5 heteroatoms. The quantitative estimate of drug-likeness (QED) is 0.751. The maximum atomic E-state index is 11.0. The van der Waals surface area contributed by atoms with Crippen LogP contribution >= 0.6 is 12.6 Å². The van der Waals surface area contributed by atoms with E-state index >= 15 is 0 Å². The average Bonchev–Trinajstić information content (AvgIpc) is 2.73. The van der Waals surface area contributed by atoms with Gasteiger partial charge in [-0.25, -0.2) is 0 Å². The van der Waals surface area contributed by atoms with Crippen molar-refractivity contribution in [3.05, 3.63) is 29.8 Å². The number of rotatable bonds is 1. The number of anilines is 1. The van der Waals surface area contributed by atoms with Crippen LogP contribution in [0.15, 0.2) is 24.3 Å². The van der Waals surface area contributed by atoms with E-state index in [0.29, 0.717) is 6.42 Å². The van der Waals surface area contributed by atoms with E-state index in [2.05, 4.69) is 18.4 Å². The number of nitrogens with two attached hydrogens (primary N) is 1. The van der Waals surface area contributed by atoms with Crippen LogP contribution in [0, 0.1) is 0 Å². The molecule has 17 heavy (non-hydrogen) atoms. The summed E-state index contributed by atoms with van der Waals surface area (Å²) in [4.78, 5) is 22.3. The van der Waals surface area contributed by atoms with Crippen LogP contribution in [0.2, 0.25) is 0 Å². The van der Waals surface area contributed by atoms with Crippen LogP contribution in [0.3, 0.4) is 0 Å². The van der Waals surface area contributed by atoms with Crippen LogP contribution in [0.5, 0.6) is 0 Å². The largest absolute Gasteiger partial charge is 0.370 e. The smallest absolute Gasteiger partial charge is 0.283 e. The van der Waals surface area contributed by atoms with Gasteiger partial charge < -0.3 is 10.6 Å². The first kappa shape index (κ1) is 13.6. The molecule has 1 aromatic rings. The van der Waals surface area contributed by atoms with Crippen LogP contribution in [-0.2, 0) is 11.2 Å². The van der Waals surface area contributed by atoms with Gasteiger partial charge in [0.15, 0.2) is 0 Å². The minimum Gasteiger partial charge on any atom is -0.370 e. The molecule has 92 valence electrons. The molecule has 0 saturated carbocycles. The second-order valence-electron chi connectivity index (χ2n) is 3.63. The van der Waals surface area contributed by atoms with Gasteiger partial charge in [-0.1, -0.05) is 37.8 Å². The molecule has 4 nitrogen and oxygen atoms in total. The zero-order chi connectivity index (χ0) is 12.8. The summed E-state index contributed by atoms with van der Waals surface area (Å²) < 4.78 is 0. The highest BCUT2D eigenvalue weighted by Gasteiger charge is 2.21. The number of nitrogens with zero attached hydrogens (tertiary/aromatic N) is 1.